The molecule has 1 aliphatic rings. The average molecular weight is 319 g/mol. The Labute approximate surface area is 131 Å². The molecule has 1 aromatic heterocycles. The summed E-state index contributed by atoms with van der Waals surface area (Å²) in [5.74, 6) is 1.40. The van der Waals surface area contributed by atoms with Crippen LogP contribution in [0.2, 0.25) is 0 Å². The second kappa shape index (κ2) is 5.89. The Hall–Kier alpha value is -1.59. The van der Waals surface area contributed by atoms with E-state index in [1.165, 1.54) is 12.0 Å². The van der Waals surface area contributed by atoms with E-state index in [9.17, 15) is 8.42 Å². The molecule has 1 heterocycles. The maximum atomic E-state index is 12.6. The fourth-order valence-corrected chi connectivity index (χ4v) is 4.18. The minimum Gasteiger partial charge on any atom is -0.465 e. The summed E-state index contributed by atoms with van der Waals surface area (Å²) in [5.41, 5.74) is 2.44. The van der Waals surface area contributed by atoms with E-state index in [0.717, 1.165) is 30.6 Å². The summed E-state index contributed by atoms with van der Waals surface area (Å²) in [7, 11) is -3.54. The second-order valence-electron chi connectivity index (χ2n) is 5.93. The standard InChI is InChI=1S/C17H21NO3S/c1-12-7-10-17(21-12)13(2)18-22(19,20)16-9-8-14-5-3-4-6-15(14)11-16/h7-11,13,18H,3-6H2,1-2H3/t13-/m0/s1. The predicted molar refractivity (Wildman–Crippen MR) is 85.3 cm³/mol. The molecule has 0 bridgehead atoms. The highest BCUT2D eigenvalue weighted by Gasteiger charge is 2.21. The number of sulfonamides is 1. The van der Waals surface area contributed by atoms with Gasteiger partial charge in [-0.1, -0.05) is 6.07 Å². The van der Waals surface area contributed by atoms with E-state index in [1.54, 1.807) is 19.1 Å². The van der Waals surface area contributed by atoms with Crippen molar-refractivity contribution in [1.29, 1.82) is 0 Å². The maximum absolute atomic E-state index is 12.6. The number of nitrogens with one attached hydrogen (secondary N) is 1. The van der Waals surface area contributed by atoms with Gasteiger partial charge in [-0.15, -0.1) is 0 Å². The molecule has 2 aromatic rings. The molecule has 1 aliphatic carbocycles. The molecule has 0 amide bonds. The SMILES string of the molecule is Cc1ccc([C@H](C)NS(=O)(=O)c2ccc3c(c2)CCCC3)o1. The van der Waals surface area contributed by atoms with Crippen LogP contribution in [0.3, 0.4) is 0 Å². The number of hydrogen-bond donors (Lipinski definition) is 1. The first-order valence-electron chi connectivity index (χ1n) is 7.66. The van der Waals surface area contributed by atoms with Crippen molar-refractivity contribution in [2.24, 2.45) is 0 Å². The van der Waals surface area contributed by atoms with Gasteiger partial charge in [-0.3, -0.25) is 0 Å². The van der Waals surface area contributed by atoms with E-state index in [-0.39, 0.29) is 0 Å². The zero-order valence-corrected chi connectivity index (χ0v) is 13.7. The Balaban J connectivity index is 1.83. The van der Waals surface area contributed by atoms with Gasteiger partial charge < -0.3 is 4.42 Å². The maximum Gasteiger partial charge on any atom is 0.241 e. The molecule has 22 heavy (non-hydrogen) atoms. The number of hydrogen-bond acceptors (Lipinski definition) is 3. The van der Waals surface area contributed by atoms with Gasteiger partial charge in [-0.05, 0) is 74.9 Å². The van der Waals surface area contributed by atoms with Crippen LogP contribution >= 0.6 is 0 Å². The Kier molecular flexibility index (Phi) is 4.10. The van der Waals surface area contributed by atoms with Crippen LogP contribution < -0.4 is 4.72 Å². The topological polar surface area (TPSA) is 59.3 Å². The Morgan fingerprint density at radius 3 is 2.50 bits per heavy atom. The minimum atomic E-state index is -3.54. The first-order valence-corrected chi connectivity index (χ1v) is 9.14. The van der Waals surface area contributed by atoms with Crippen molar-refractivity contribution in [3.8, 4) is 0 Å². The van der Waals surface area contributed by atoms with Gasteiger partial charge in [0.25, 0.3) is 0 Å². The molecule has 0 saturated carbocycles. The fourth-order valence-electron chi connectivity index (χ4n) is 2.92. The minimum absolute atomic E-state index is 0.336. The lowest BCUT2D eigenvalue weighted by molar-refractivity contribution is 0.441. The summed E-state index contributed by atoms with van der Waals surface area (Å²) in [6, 6.07) is 8.71. The molecule has 0 fully saturated rings. The van der Waals surface area contributed by atoms with Crippen molar-refractivity contribution in [3.63, 3.8) is 0 Å². The van der Waals surface area contributed by atoms with E-state index in [4.69, 9.17) is 4.42 Å². The lowest BCUT2D eigenvalue weighted by Gasteiger charge is -2.18. The smallest absolute Gasteiger partial charge is 0.241 e. The van der Waals surface area contributed by atoms with E-state index >= 15 is 0 Å². The third-order valence-corrected chi connectivity index (χ3v) is 5.69. The molecule has 3 rings (SSSR count). The van der Waals surface area contributed by atoms with Crippen LogP contribution in [-0.4, -0.2) is 8.42 Å². The zero-order valence-electron chi connectivity index (χ0n) is 12.9. The summed E-state index contributed by atoms with van der Waals surface area (Å²) in [6.45, 7) is 3.63. The largest absolute Gasteiger partial charge is 0.465 e. The molecule has 1 aromatic carbocycles. The highest BCUT2D eigenvalue weighted by molar-refractivity contribution is 7.89. The fraction of sp³-hybridized carbons (Fsp3) is 0.412. The van der Waals surface area contributed by atoms with Gasteiger partial charge in [0.1, 0.15) is 11.5 Å². The Morgan fingerprint density at radius 1 is 1.09 bits per heavy atom. The second-order valence-corrected chi connectivity index (χ2v) is 7.64. The first-order chi connectivity index (χ1) is 10.5. The summed E-state index contributed by atoms with van der Waals surface area (Å²) >= 11 is 0. The number of aryl methyl sites for hydroxylation is 3. The molecule has 0 aliphatic heterocycles. The van der Waals surface area contributed by atoms with Gasteiger partial charge in [-0.2, -0.15) is 0 Å². The number of benzene rings is 1. The van der Waals surface area contributed by atoms with Gasteiger partial charge in [-0.25, -0.2) is 13.1 Å². The van der Waals surface area contributed by atoms with Crippen LogP contribution in [0.4, 0.5) is 0 Å². The summed E-state index contributed by atoms with van der Waals surface area (Å²) in [5, 5.41) is 0. The molecule has 4 nitrogen and oxygen atoms in total. The lowest BCUT2D eigenvalue weighted by Crippen LogP contribution is -2.27. The van der Waals surface area contributed by atoms with E-state index in [0.29, 0.717) is 10.7 Å². The molecule has 0 radical (unpaired) electrons. The van der Waals surface area contributed by atoms with Crippen molar-refractivity contribution in [3.05, 3.63) is 53.0 Å². The van der Waals surface area contributed by atoms with Gasteiger partial charge >= 0.3 is 0 Å². The van der Waals surface area contributed by atoms with Gasteiger partial charge in [0.05, 0.1) is 10.9 Å². The van der Waals surface area contributed by atoms with E-state index < -0.39 is 16.1 Å². The molecule has 1 atom stereocenters. The molecule has 1 N–H and O–H groups in total. The molecule has 118 valence electrons. The highest BCUT2D eigenvalue weighted by Crippen LogP contribution is 2.25. The first kappa shape index (κ1) is 15.3. The van der Waals surface area contributed by atoms with Crippen molar-refractivity contribution in [2.45, 2.75) is 50.5 Å². The van der Waals surface area contributed by atoms with Crippen LogP contribution in [0.15, 0.2) is 39.6 Å². The van der Waals surface area contributed by atoms with Crippen LogP contribution in [0, 0.1) is 6.92 Å². The number of fused-ring (bicyclic) bond motifs is 1. The van der Waals surface area contributed by atoms with Crippen LogP contribution in [0.1, 0.15) is 48.5 Å². The van der Waals surface area contributed by atoms with Crippen molar-refractivity contribution in [2.75, 3.05) is 0 Å². The van der Waals surface area contributed by atoms with Crippen molar-refractivity contribution < 1.29 is 12.8 Å². The molecule has 0 spiro atoms. The quantitative estimate of drug-likeness (QED) is 0.938. The monoisotopic (exact) mass is 319 g/mol. The summed E-state index contributed by atoms with van der Waals surface area (Å²) in [6.07, 6.45) is 4.33. The number of rotatable bonds is 4. The third kappa shape index (κ3) is 3.10. The van der Waals surface area contributed by atoms with Crippen molar-refractivity contribution >= 4 is 10.0 Å². The third-order valence-electron chi connectivity index (χ3n) is 4.15. The zero-order chi connectivity index (χ0) is 15.7. The molecule has 5 heteroatoms. The van der Waals surface area contributed by atoms with Crippen molar-refractivity contribution in [1.82, 2.24) is 4.72 Å². The Bertz CT molecular complexity index is 777. The van der Waals surface area contributed by atoms with Crippen LogP contribution in [0.25, 0.3) is 0 Å². The predicted octanol–water partition coefficient (Wildman–Crippen LogP) is 3.51. The van der Waals surface area contributed by atoms with Gasteiger partial charge in [0.15, 0.2) is 0 Å². The van der Waals surface area contributed by atoms with Crippen LogP contribution in [0.5, 0.6) is 0 Å². The van der Waals surface area contributed by atoms with Crippen LogP contribution in [-0.2, 0) is 22.9 Å². The number of furan rings is 1. The van der Waals surface area contributed by atoms with Gasteiger partial charge in [0.2, 0.25) is 10.0 Å². The normalized spacial score (nSPS) is 16.3. The lowest BCUT2D eigenvalue weighted by atomic mass is 9.92. The van der Waals surface area contributed by atoms with E-state index in [1.807, 2.05) is 25.1 Å². The molecule has 0 saturated heterocycles. The molecular formula is C17H21NO3S. The summed E-state index contributed by atoms with van der Waals surface area (Å²) < 4.78 is 33.3. The average Bonchev–Trinajstić information content (AvgIpc) is 2.93. The highest BCUT2D eigenvalue weighted by atomic mass is 32.2. The van der Waals surface area contributed by atoms with E-state index in [2.05, 4.69) is 4.72 Å². The Morgan fingerprint density at radius 2 is 1.82 bits per heavy atom. The molecule has 0 unspecified atom stereocenters. The summed E-state index contributed by atoms with van der Waals surface area (Å²) in [4.78, 5) is 0.336. The molecular weight excluding hydrogens is 298 g/mol. The van der Waals surface area contributed by atoms with Gasteiger partial charge in [0, 0.05) is 0 Å².